The Morgan fingerprint density at radius 2 is 2.12 bits per heavy atom. The summed E-state index contributed by atoms with van der Waals surface area (Å²) in [4.78, 5) is 12.2. The molecule has 1 amide bonds. The molecule has 0 spiro atoms. The van der Waals surface area contributed by atoms with Gasteiger partial charge in [-0.15, -0.1) is 0 Å². The lowest BCUT2D eigenvalue weighted by Crippen LogP contribution is -2.25. The Bertz CT molecular complexity index is 357. The second kappa shape index (κ2) is 6.40. The van der Waals surface area contributed by atoms with Gasteiger partial charge in [-0.05, 0) is 37.1 Å². The summed E-state index contributed by atoms with van der Waals surface area (Å²) >= 11 is 6.83. The first kappa shape index (κ1) is 13.7. The summed E-state index contributed by atoms with van der Waals surface area (Å²) in [5.41, 5.74) is 1.78. The second-order valence-electron chi connectivity index (χ2n) is 3.84. The molecule has 0 saturated carbocycles. The van der Waals surface area contributed by atoms with E-state index in [0.29, 0.717) is 16.9 Å². The molecule has 1 rings (SSSR count). The number of carbonyl (C=O) groups is 1. The molecule has 0 saturated heterocycles. The Morgan fingerprint density at radius 3 is 2.69 bits per heavy atom. The summed E-state index contributed by atoms with van der Waals surface area (Å²) in [6, 6.07) is 5.70. The monoisotopic (exact) mass is 347 g/mol. The van der Waals surface area contributed by atoms with E-state index in [0.717, 1.165) is 16.5 Å². The second-order valence-corrected chi connectivity index (χ2v) is 6.32. The fourth-order valence-corrected chi connectivity index (χ4v) is 2.19. The quantitative estimate of drug-likeness (QED) is 0.826. The van der Waals surface area contributed by atoms with Gasteiger partial charge in [-0.3, -0.25) is 4.79 Å². The van der Waals surface area contributed by atoms with Crippen LogP contribution in [0.15, 0.2) is 22.7 Å². The number of rotatable bonds is 4. The zero-order valence-electron chi connectivity index (χ0n) is 9.39. The number of aryl methyl sites for hydroxylation is 1. The molecule has 1 atom stereocenters. The summed E-state index contributed by atoms with van der Waals surface area (Å²) in [5, 5.41) is 2.89. The first-order valence-corrected chi connectivity index (χ1v) is 6.89. The van der Waals surface area contributed by atoms with E-state index in [9.17, 15) is 4.79 Å². The highest BCUT2D eigenvalue weighted by Gasteiger charge is 2.06. The number of amides is 1. The molecule has 1 unspecified atom stereocenters. The topological polar surface area (TPSA) is 29.1 Å². The highest BCUT2D eigenvalue weighted by molar-refractivity contribution is 9.10. The van der Waals surface area contributed by atoms with Crippen molar-refractivity contribution < 1.29 is 4.79 Å². The maximum absolute atomic E-state index is 11.8. The van der Waals surface area contributed by atoms with Crippen LogP contribution >= 0.6 is 31.9 Å². The Kier molecular flexibility index (Phi) is 5.49. The summed E-state index contributed by atoms with van der Waals surface area (Å²) < 4.78 is 0.937. The minimum absolute atomic E-state index is 0.0162. The average Bonchev–Trinajstić information content (AvgIpc) is 2.15. The highest BCUT2D eigenvalue weighted by Crippen LogP contribution is 2.15. The first-order valence-electron chi connectivity index (χ1n) is 5.18. The Balaban J connectivity index is 2.59. The van der Waals surface area contributed by atoms with Gasteiger partial charge in [0.25, 0.3) is 5.91 Å². The van der Waals surface area contributed by atoms with Crippen molar-refractivity contribution in [2.75, 3.05) is 6.54 Å². The van der Waals surface area contributed by atoms with E-state index in [1.165, 1.54) is 0 Å². The van der Waals surface area contributed by atoms with Gasteiger partial charge in [0, 0.05) is 21.4 Å². The van der Waals surface area contributed by atoms with Crippen molar-refractivity contribution in [3.05, 3.63) is 33.8 Å². The van der Waals surface area contributed by atoms with Gasteiger partial charge in [0.15, 0.2) is 0 Å². The maximum Gasteiger partial charge on any atom is 0.251 e. The third-order valence-corrected chi connectivity index (χ3v) is 3.05. The molecule has 0 aromatic heterocycles. The molecular weight excluding hydrogens is 334 g/mol. The van der Waals surface area contributed by atoms with Crippen LogP contribution < -0.4 is 5.32 Å². The van der Waals surface area contributed by atoms with E-state index in [4.69, 9.17) is 0 Å². The van der Waals surface area contributed by atoms with Crippen LogP contribution in [0.2, 0.25) is 0 Å². The molecule has 0 aliphatic heterocycles. The van der Waals surface area contributed by atoms with Crippen LogP contribution in [-0.2, 0) is 0 Å². The van der Waals surface area contributed by atoms with E-state index in [2.05, 4.69) is 44.1 Å². The van der Waals surface area contributed by atoms with Crippen molar-refractivity contribution in [2.24, 2.45) is 0 Å². The van der Waals surface area contributed by atoms with Crippen molar-refractivity contribution in [3.63, 3.8) is 0 Å². The van der Waals surface area contributed by atoms with Crippen LogP contribution in [0.25, 0.3) is 0 Å². The van der Waals surface area contributed by atoms with Crippen molar-refractivity contribution in [2.45, 2.75) is 25.1 Å². The summed E-state index contributed by atoms with van der Waals surface area (Å²) in [7, 11) is 0. The Labute approximate surface area is 113 Å². The first-order chi connectivity index (χ1) is 7.49. The van der Waals surface area contributed by atoms with E-state index in [-0.39, 0.29) is 5.91 Å². The smallest absolute Gasteiger partial charge is 0.251 e. The van der Waals surface area contributed by atoms with Crippen molar-refractivity contribution >= 4 is 37.8 Å². The van der Waals surface area contributed by atoms with Gasteiger partial charge in [-0.2, -0.15) is 0 Å². The molecule has 4 heteroatoms. The molecule has 2 nitrogen and oxygen atoms in total. The maximum atomic E-state index is 11.8. The SMILES string of the molecule is Cc1cc(Br)cc(C(=O)NCCC(C)Br)c1. The van der Waals surface area contributed by atoms with E-state index in [1.54, 1.807) is 0 Å². The van der Waals surface area contributed by atoms with Gasteiger partial charge < -0.3 is 5.32 Å². The molecular formula is C12H15Br2NO. The third kappa shape index (κ3) is 4.66. The predicted octanol–water partition coefficient (Wildman–Crippen LogP) is 3.66. The van der Waals surface area contributed by atoms with Crippen LogP contribution in [0.5, 0.6) is 0 Å². The standard InChI is InChI=1S/C12H15Br2NO/c1-8-5-10(7-11(14)6-8)12(16)15-4-3-9(2)13/h5-7,9H,3-4H2,1-2H3,(H,15,16). The van der Waals surface area contributed by atoms with Crippen LogP contribution in [0.4, 0.5) is 0 Å². The lowest BCUT2D eigenvalue weighted by molar-refractivity contribution is 0.0953. The molecule has 0 heterocycles. The summed E-state index contributed by atoms with van der Waals surface area (Å²) in [5.74, 6) is -0.0162. The van der Waals surface area contributed by atoms with E-state index in [1.807, 2.05) is 25.1 Å². The average molecular weight is 349 g/mol. The number of nitrogens with one attached hydrogen (secondary N) is 1. The van der Waals surface area contributed by atoms with Gasteiger partial charge in [0.2, 0.25) is 0 Å². The summed E-state index contributed by atoms with van der Waals surface area (Å²) in [6.07, 6.45) is 0.929. The minimum Gasteiger partial charge on any atom is -0.352 e. The fraction of sp³-hybridized carbons (Fsp3) is 0.417. The van der Waals surface area contributed by atoms with Crippen LogP contribution in [0.1, 0.15) is 29.3 Å². The van der Waals surface area contributed by atoms with E-state index < -0.39 is 0 Å². The van der Waals surface area contributed by atoms with Crippen molar-refractivity contribution in [3.8, 4) is 0 Å². The molecule has 0 aliphatic carbocycles. The summed E-state index contributed by atoms with van der Waals surface area (Å²) in [6.45, 7) is 4.73. The van der Waals surface area contributed by atoms with Gasteiger partial charge in [0.05, 0.1) is 0 Å². The zero-order valence-corrected chi connectivity index (χ0v) is 12.6. The van der Waals surface area contributed by atoms with E-state index >= 15 is 0 Å². The number of halogens is 2. The molecule has 0 aliphatic rings. The molecule has 1 aromatic carbocycles. The van der Waals surface area contributed by atoms with Crippen LogP contribution in [-0.4, -0.2) is 17.3 Å². The van der Waals surface area contributed by atoms with Gasteiger partial charge in [-0.1, -0.05) is 38.8 Å². The fourth-order valence-electron chi connectivity index (χ4n) is 1.35. The molecule has 0 bridgehead atoms. The molecule has 1 aromatic rings. The minimum atomic E-state index is -0.0162. The van der Waals surface area contributed by atoms with Gasteiger partial charge in [0.1, 0.15) is 0 Å². The molecule has 1 N–H and O–H groups in total. The normalized spacial score (nSPS) is 12.2. The van der Waals surface area contributed by atoms with Crippen LogP contribution in [0, 0.1) is 6.92 Å². The number of benzene rings is 1. The lowest BCUT2D eigenvalue weighted by atomic mass is 10.1. The number of hydrogen-bond donors (Lipinski definition) is 1. The van der Waals surface area contributed by atoms with Gasteiger partial charge >= 0.3 is 0 Å². The zero-order chi connectivity index (χ0) is 12.1. The molecule has 88 valence electrons. The predicted molar refractivity (Wildman–Crippen MR) is 74.2 cm³/mol. The van der Waals surface area contributed by atoms with Crippen LogP contribution in [0.3, 0.4) is 0 Å². The Hall–Kier alpha value is -0.350. The Morgan fingerprint density at radius 1 is 1.44 bits per heavy atom. The lowest BCUT2D eigenvalue weighted by Gasteiger charge is -2.07. The molecule has 0 radical (unpaired) electrons. The third-order valence-electron chi connectivity index (χ3n) is 2.13. The van der Waals surface area contributed by atoms with Crippen molar-refractivity contribution in [1.29, 1.82) is 0 Å². The number of carbonyl (C=O) groups excluding carboxylic acids is 1. The van der Waals surface area contributed by atoms with Gasteiger partial charge in [-0.25, -0.2) is 0 Å². The highest BCUT2D eigenvalue weighted by atomic mass is 79.9. The molecule has 0 fully saturated rings. The van der Waals surface area contributed by atoms with Crippen molar-refractivity contribution in [1.82, 2.24) is 5.32 Å². The molecule has 16 heavy (non-hydrogen) atoms. The number of hydrogen-bond acceptors (Lipinski definition) is 1. The number of alkyl halides is 1. The largest absolute Gasteiger partial charge is 0.352 e.